The summed E-state index contributed by atoms with van der Waals surface area (Å²) in [7, 11) is 0. The Labute approximate surface area is 131 Å². The predicted octanol–water partition coefficient (Wildman–Crippen LogP) is 2.81. The van der Waals surface area contributed by atoms with Crippen molar-refractivity contribution in [2.45, 2.75) is 10.8 Å². The Morgan fingerprint density at radius 3 is 2.45 bits per heavy atom. The summed E-state index contributed by atoms with van der Waals surface area (Å²) < 4.78 is 4.19. The predicted molar refractivity (Wildman–Crippen MR) is 77.3 cm³/mol. The van der Waals surface area contributed by atoms with Crippen molar-refractivity contribution < 1.29 is 14.3 Å². The number of carbonyl (C=O) groups excluding carboxylic acids is 2. The van der Waals surface area contributed by atoms with Gasteiger partial charge in [0.25, 0.3) is 5.91 Å². The highest BCUT2D eigenvalue weighted by atomic mass is 35.5. The minimum absolute atomic E-state index is 0.0262. The molecule has 2 rings (SSSR count). The quantitative estimate of drug-likeness (QED) is 0.664. The van der Waals surface area contributed by atoms with Crippen molar-refractivity contribution >= 4 is 46.7 Å². The zero-order chi connectivity index (χ0) is 14.8. The van der Waals surface area contributed by atoms with E-state index in [4.69, 9.17) is 39.5 Å². The molecule has 108 valence electrons. The van der Waals surface area contributed by atoms with Gasteiger partial charge in [0.15, 0.2) is 0 Å². The summed E-state index contributed by atoms with van der Waals surface area (Å²) in [5, 5.41) is 3.00. The van der Waals surface area contributed by atoms with Gasteiger partial charge in [0.1, 0.15) is 10.9 Å². The maximum atomic E-state index is 11.7. The van der Waals surface area contributed by atoms with Gasteiger partial charge in [-0.15, -0.1) is 23.2 Å². The Bertz CT molecular complexity index is 516. The molecule has 1 aromatic carbocycles. The van der Waals surface area contributed by atoms with Crippen LogP contribution in [-0.4, -0.2) is 29.4 Å². The first kappa shape index (κ1) is 15.4. The second-order valence-electron chi connectivity index (χ2n) is 4.53. The lowest BCUT2D eigenvalue weighted by atomic mass is 10.2. The first-order valence-corrected chi connectivity index (χ1v) is 7.09. The molecule has 0 bridgehead atoms. The summed E-state index contributed by atoms with van der Waals surface area (Å²) in [6.45, 7) is -0.0333. The van der Waals surface area contributed by atoms with Gasteiger partial charge in [-0.25, -0.2) is 0 Å². The summed E-state index contributed by atoms with van der Waals surface area (Å²) in [6.07, 6.45) is 0.612. The zero-order valence-corrected chi connectivity index (χ0v) is 12.6. The van der Waals surface area contributed by atoms with Gasteiger partial charge >= 0.3 is 5.97 Å². The fraction of sp³-hybridized carbons (Fsp3) is 0.385. The highest BCUT2D eigenvalue weighted by Crippen LogP contribution is 2.53. The molecule has 1 aliphatic rings. The average molecular weight is 337 g/mol. The molecule has 20 heavy (non-hydrogen) atoms. The van der Waals surface area contributed by atoms with E-state index in [1.165, 1.54) is 0 Å². The fourth-order valence-electron chi connectivity index (χ4n) is 1.55. The minimum Gasteiger partial charge on any atom is -0.464 e. The van der Waals surface area contributed by atoms with Gasteiger partial charge in [0, 0.05) is 16.5 Å². The Kier molecular flexibility index (Phi) is 4.78. The summed E-state index contributed by atoms with van der Waals surface area (Å²) >= 11 is 17.3. The van der Waals surface area contributed by atoms with Crippen LogP contribution in [0.1, 0.15) is 16.8 Å². The molecule has 0 saturated heterocycles. The summed E-state index contributed by atoms with van der Waals surface area (Å²) in [5.74, 6) is -0.917. The molecule has 7 heteroatoms. The monoisotopic (exact) mass is 335 g/mol. The molecule has 0 unspecified atom stereocenters. The van der Waals surface area contributed by atoms with Crippen molar-refractivity contribution in [3.8, 4) is 0 Å². The van der Waals surface area contributed by atoms with Gasteiger partial charge < -0.3 is 10.1 Å². The molecule has 1 fully saturated rings. The van der Waals surface area contributed by atoms with Gasteiger partial charge in [-0.05, 0) is 30.7 Å². The lowest BCUT2D eigenvalue weighted by molar-refractivity contribution is -0.142. The molecule has 0 spiro atoms. The number of nitrogens with one attached hydrogen (secondary N) is 1. The van der Waals surface area contributed by atoms with E-state index in [9.17, 15) is 9.59 Å². The number of benzene rings is 1. The number of amides is 1. The maximum absolute atomic E-state index is 11.7. The third-order valence-corrected chi connectivity index (χ3v) is 4.08. The van der Waals surface area contributed by atoms with Crippen LogP contribution in [0.3, 0.4) is 0 Å². The second-order valence-corrected chi connectivity index (χ2v) is 6.51. The molecule has 1 aromatic rings. The van der Waals surface area contributed by atoms with Crippen molar-refractivity contribution in [3.05, 3.63) is 34.9 Å². The second kappa shape index (κ2) is 6.20. The van der Waals surface area contributed by atoms with Crippen LogP contribution in [0.15, 0.2) is 24.3 Å². The van der Waals surface area contributed by atoms with Crippen LogP contribution in [-0.2, 0) is 9.53 Å². The Morgan fingerprint density at radius 1 is 1.30 bits per heavy atom. The molecule has 1 saturated carbocycles. The largest absolute Gasteiger partial charge is 0.464 e. The lowest BCUT2D eigenvalue weighted by Gasteiger charge is -2.06. The van der Waals surface area contributed by atoms with Crippen LogP contribution in [0.25, 0.3) is 0 Å². The number of alkyl halides is 2. The number of carbonyl (C=O) groups is 2. The van der Waals surface area contributed by atoms with E-state index >= 15 is 0 Å². The van der Waals surface area contributed by atoms with Gasteiger partial charge in [-0.2, -0.15) is 0 Å². The van der Waals surface area contributed by atoms with E-state index in [-0.39, 0.29) is 25.0 Å². The molecule has 1 amide bonds. The summed E-state index contributed by atoms with van der Waals surface area (Å²) in [5.41, 5.74) is 0.421. The van der Waals surface area contributed by atoms with Crippen LogP contribution in [0.5, 0.6) is 0 Å². The van der Waals surface area contributed by atoms with Gasteiger partial charge in [0.2, 0.25) is 0 Å². The van der Waals surface area contributed by atoms with Gasteiger partial charge in [0.05, 0.1) is 6.61 Å². The summed E-state index contributed by atoms with van der Waals surface area (Å²) in [4.78, 5) is 23.1. The fourth-order valence-corrected chi connectivity index (χ4v) is 2.18. The normalized spacial score (nSPS) is 19.2. The van der Waals surface area contributed by atoms with Crippen molar-refractivity contribution in [3.63, 3.8) is 0 Å². The van der Waals surface area contributed by atoms with E-state index in [1.54, 1.807) is 24.3 Å². The maximum Gasteiger partial charge on any atom is 0.325 e. The van der Waals surface area contributed by atoms with E-state index < -0.39 is 10.3 Å². The number of hydrogen-bond donors (Lipinski definition) is 1. The number of rotatable bonds is 5. The molecule has 0 radical (unpaired) electrons. The summed E-state index contributed by atoms with van der Waals surface area (Å²) in [6, 6.07) is 6.34. The number of halogens is 3. The molecule has 1 aliphatic carbocycles. The van der Waals surface area contributed by atoms with Crippen LogP contribution in [0.4, 0.5) is 0 Å². The van der Waals surface area contributed by atoms with Gasteiger partial charge in [-0.1, -0.05) is 11.6 Å². The Hall–Kier alpha value is -0.970. The molecule has 4 nitrogen and oxygen atoms in total. The third kappa shape index (κ3) is 4.27. The average Bonchev–Trinajstić information content (AvgIpc) is 3.02. The van der Waals surface area contributed by atoms with Crippen LogP contribution in [0.2, 0.25) is 5.02 Å². The molecular weight excluding hydrogens is 325 g/mol. The molecular formula is C13H12Cl3NO3. The number of esters is 1. The van der Waals surface area contributed by atoms with E-state index in [0.717, 1.165) is 0 Å². The van der Waals surface area contributed by atoms with Crippen LogP contribution < -0.4 is 5.32 Å². The molecule has 0 aromatic heterocycles. The van der Waals surface area contributed by atoms with E-state index in [0.29, 0.717) is 17.0 Å². The first-order chi connectivity index (χ1) is 9.38. The first-order valence-electron chi connectivity index (χ1n) is 5.96. The van der Waals surface area contributed by atoms with E-state index in [2.05, 4.69) is 5.32 Å². The molecule has 0 heterocycles. The van der Waals surface area contributed by atoms with Crippen LogP contribution in [0, 0.1) is 5.92 Å². The molecule has 0 aliphatic heterocycles. The molecule has 1 atom stereocenters. The minimum atomic E-state index is -0.771. The molecule has 1 N–H and O–H groups in total. The van der Waals surface area contributed by atoms with Gasteiger partial charge in [-0.3, -0.25) is 9.59 Å². The topological polar surface area (TPSA) is 55.4 Å². The van der Waals surface area contributed by atoms with Crippen molar-refractivity contribution in [1.82, 2.24) is 5.32 Å². The van der Waals surface area contributed by atoms with E-state index in [1.807, 2.05) is 0 Å². The highest BCUT2D eigenvalue weighted by molar-refractivity contribution is 6.50. The highest BCUT2D eigenvalue weighted by Gasteiger charge is 2.52. The smallest absolute Gasteiger partial charge is 0.325 e. The Morgan fingerprint density at radius 2 is 1.90 bits per heavy atom. The van der Waals surface area contributed by atoms with Crippen molar-refractivity contribution in [1.29, 1.82) is 0 Å². The zero-order valence-electron chi connectivity index (χ0n) is 10.4. The Balaban J connectivity index is 1.70. The standard InChI is InChI=1S/C13H12Cl3NO3/c14-10-3-1-8(2-4-10)12(19)17-6-11(18)20-7-9-5-13(9,15)16/h1-4,9H,5-7H2,(H,17,19)/t9-/m1/s1. The number of ether oxygens (including phenoxy) is 1. The third-order valence-electron chi connectivity index (χ3n) is 2.90. The van der Waals surface area contributed by atoms with Crippen molar-refractivity contribution in [2.75, 3.05) is 13.2 Å². The van der Waals surface area contributed by atoms with Crippen molar-refractivity contribution in [2.24, 2.45) is 5.92 Å². The lowest BCUT2D eigenvalue weighted by Crippen LogP contribution is -2.31. The van der Waals surface area contributed by atoms with Crippen LogP contribution >= 0.6 is 34.8 Å². The number of hydrogen-bond acceptors (Lipinski definition) is 3. The SMILES string of the molecule is O=C(CNC(=O)c1ccc(Cl)cc1)OC[C@H]1CC1(Cl)Cl.